The van der Waals surface area contributed by atoms with Crippen LogP contribution >= 0.6 is 11.3 Å². The molecule has 0 atom stereocenters. The summed E-state index contributed by atoms with van der Waals surface area (Å²) >= 11 is 1.48. The number of aromatic nitrogens is 4. The van der Waals surface area contributed by atoms with E-state index in [1.165, 1.54) is 30.6 Å². The van der Waals surface area contributed by atoms with E-state index < -0.39 is 0 Å². The van der Waals surface area contributed by atoms with Crippen LogP contribution in [0, 0.1) is 0 Å². The zero-order valence-corrected chi connectivity index (χ0v) is 19.6. The Morgan fingerprint density at radius 3 is 2.76 bits per heavy atom. The maximum Gasteiger partial charge on any atom is 0.257 e. The van der Waals surface area contributed by atoms with Crippen molar-refractivity contribution in [3.8, 4) is 11.3 Å². The average molecular weight is 475 g/mol. The molecule has 34 heavy (non-hydrogen) atoms. The molecule has 3 aromatic heterocycles. The summed E-state index contributed by atoms with van der Waals surface area (Å²) in [6.07, 6.45) is 10.5. The van der Waals surface area contributed by atoms with Gasteiger partial charge >= 0.3 is 0 Å². The number of benzene rings is 1. The maximum atomic E-state index is 12.8. The smallest absolute Gasteiger partial charge is 0.257 e. The zero-order valence-electron chi connectivity index (χ0n) is 18.8. The molecular formula is C25H26N6O2S. The van der Waals surface area contributed by atoms with Crippen molar-refractivity contribution >= 4 is 33.7 Å². The predicted octanol–water partition coefficient (Wildman–Crippen LogP) is 4.81. The second-order valence-corrected chi connectivity index (χ2v) is 9.99. The highest BCUT2D eigenvalue weighted by Crippen LogP contribution is 2.36. The third kappa shape index (κ3) is 3.84. The van der Waals surface area contributed by atoms with Crippen LogP contribution in [0.3, 0.4) is 0 Å². The molecule has 1 saturated carbocycles. The number of anilines is 2. The molecule has 1 amide bonds. The molecular weight excluding hydrogens is 448 g/mol. The zero-order chi connectivity index (χ0) is 23.1. The van der Waals surface area contributed by atoms with Crippen molar-refractivity contribution in [2.24, 2.45) is 0 Å². The van der Waals surface area contributed by atoms with E-state index in [-0.39, 0.29) is 5.91 Å². The molecule has 4 heterocycles. The van der Waals surface area contributed by atoms with Gasteiger partial charge in [-0.3, -0.25) is 14.5 Å². The van der Waals surface area contributed by atoms with Crippen molar-refractivity contribution in [3.05, 3.63) is 58.6 Å². The van der Waals surface area contributed by atoms with Crippen LogP contribution in [0.1, 0.15) is 64.8 Å². The highest BCUT2D eigenvalue weighted by molar-refractivity contribution is 7.15. The molecule has 0 radical (unpaired) electrons. The number of thiazole rings is 1. The van der Waals surface area contributed by atoms with Crippen molar-refractivity contribution in [1.82, 2.24) is 19.4 Å². The number of hydrogen-bond donors (Lipinski definition) is 2. The fourth-order valence-corrected chi connectivity index (χ4v) is 5.91. The Morgan fingerprint density at radius 1 is 1.15 bits per heavy atom. The Bertz CT molecular complexity index is 1330. The lowest BCUT2D eigenvalue weighted by Crippen LogP contribution is -2.12. The van der Waals surface area contributed by atoms with Crippen molar-refractivity contribution in [2.45, 2.75) is 51.0 Å². The minimum absolute atomic E-state index is 0.183. The normalized spacial score (nSPS) is 16.5. The molecule has 4 aromatic rings. The minimum Gasteiger partial charge on any atom is -0.382 e. The van der Waals surface area contributed by atoms with Gasteiger partial charge < -0.3 is 10.5 Å². The van der Waals surface area contributed by atoms with Gasteiger partial charge in [-0.25, -0.2) is 15.0 Å². The number of nitrogens with zero attached hydrogens (tertiary/aromatic N) is 4. The van der Waals surface area contributed by atoms with E-state index >= 15 is 0 Å². The molecule has 174 valence electrons. The minimum atomic E-state index is -0.183. The fourth-order valence-electron chi connectivity index (χ4n) is 4.96. The Balaban J connectivity index is 1.28. The van der Waals surface area contributed by atoms with Gasteiger partial charge in [-0.15, -0.1) is 0 Å². The molecule has 8 nitrogen and oxygen atoms in total. The van der Waals surface area contributed by atoms with E-state index in [4.69, 9.17) is 15.5 Å². The standard InChI is InChI=1S/C25H26N6O2S/c26-22-21-20(29-23(31(21)12-11-27-22)16-4-2-1-3-5-16)15-6-8-17(9-7-15)24(32)30-25-28-18-10-13-33-14-19(18)34-25/h6-9,11-12,16H,1-5,10,13-14H2,(H2,26,27)(H,28,30,32). The number of nitrogen functional groups attached to an aromatic ring is 1. The Hall–Kier alpha value is -3.30. The Labute approximate surface area is 201 Å². The third-order valence-electron chi connectivity index (χ3n) is 6.72. The van der Waals surface area contributed by atoms with Gasteiger partial charge in [-0.2, -0.15) is 0 Å². The van der Waals surface area contributed by atoms with Gasteiger partial charge in [0.25, 0.3) is 5.91 Å². The number of hydrogen-bond acceptors (Lipinski definition) is 7. The van der Waals surface area contributed by atoms with E-state index in [1.54, 1.807) is 6.20 Å². The summed E-state index contributed by atoms with van der Waals surface area (Å²) in [6, 6.07) is 7.49. The molecule has 1 aromatic carbocycles. The second-order valence-electron chi connectivity index (χ2n) is 8.91. The quantitative estimate of drug-likeness (QED) is 0.440. The summed E-state index contributed by atoms with van der Waals surface area (Å²) < 4.78 is 7.57. The number of carbonyl (C=O) groups excluding carboxylic acids is 1. The molecule has 0 spiro atoms. The van der Waals surface area contributed by atoms with Crippen molar-refractivity contribution in [2.75, 3.05) is 17.7 Å². The summed E-state index contributed by atoms with van der Waals surface area (Å²) in [6.45, 7) is 1.24. The lowest BCUT2D eigenvalue weighted by Gasteiger charge is -2.20. The lowest BCUT2D eigenvalue weighted by atomic mass is 9.89. The third-order valence-corrected chi connectivity index (χ3v) is 7.70. The number of nitrogens with two attached hydrogens (primary N) is 1. The highest BCUT2D eigenvalue weighted by Gasteiger charge is 2.24. The lowest BCUT2D eigenvalue weighted by molar-refractivity contribution is 0.102. The van der Waals surface area contributed by atoms with Gasteiger partial charge in [0.15, 0.2) is 5.13 Å². The largest absolute Gasteiger partial charge is 0.382 e. The highest BCUT2D eigenvalue weighted by atomic mass is 32.1. The molecule has 0 unspecified atom stereocenters. The average Bonchev–Trinajstić information content (AvgIpc) is 3.46. The van der Waals surface area contributed by atoms with Crippen LogP contribution in [-0.4, -0.2) is 31.9 Å². The first-order chi connectivity index (χ1) is 16.7. The summed E-state index contributed by atoms with van der Waals surface area (Å²) in [5.41, 5.74) is 10.4. The predicted molar refractivity (Wildman–Crippen MR) is 132 cm³/mol. The van der Waals surface area contributed by atoms with E-state index in [1.807, 2.05) is 30.5 Å². The summed E-state index contributed by atoms with van der Waals surface area (Å²) in [5.74, 6) is 1.76. The molecule has 0 bridgehead atoms. The maximum absolute atomic E-state index is 12.8. The number of rotatable bonds is 4. The second kappa shape index (κ2) is 8.81. The van der Waals surface area contributed by atoms with Gasteiger partial charge in [0.2, 0.25) is 0 Å². The molecule has 1 aliphatic carbocycles. The summed E-state index contributed by atoms with van der Waals surface area (Å²) in [7, 11) is 0. The summed E-state index contributed by atoms with van der Waals surface area (Å²) in [5, 5.41) is 3.54. The van der Waals surface area contributed by atoms with Crippen LogP contribution in [0.25, 0.3) is 16.8 Å². The van der Waals surface area contributed by atoms with E-state index in [2.05, 4.69) is 19.7 Å². The molecule has 1 fully saturated rings. The monoisotopic (exact) mass is 474 g/mol. The number of ether oxygens (including phenoxy) is 1. The van der Waals surface area contributed by atoms with Crippen LogP contribution < -0.4 is 11.1 Å². The number of imidazole rings is 1. The fraction of sp³-hybridized carbons (Fsp3) is 0.360. The van der Waals surface area contributed by atoms with Gasteiger partial charge in [0, 0.05) is 35.9 Å². The Morgan fingerprint density at radius 2 is 1.97 bits per heavy atom. The molecule has 6 rings (SSSR count). The molecule has 0 saturated heterocycles. The van der Waals surface area contributed by atoms with Crippen LogP contribution in [0.4, 0.5) is 10.9 Å². The Kier molecular flexibility index (Phi) is 5.50. The number of carbonyl (C=O) groups is 1. The topological polar surface area (TPSA) is 107 Å². The molecule has 9 heteroatoms. The first-order valence-corrected chi connectivity index (χ1v) is 12.6. The SMILES string of the molecule is Nc1nccn2c(C3CCCCC3)nc(-c3ccc(C(=O)Nc4nc5c(s4)COCC5)cc3)c12. The van der Waals surface area contributed by atoms with Crippen molar-refractivity contribution in [1.29, 1.82) is 0 Å². The summed E-state index contributed by atoms with van der Waals surface area (Å²) in [4.78, 5) is 27.8. The number of amides is 1. The number of fused-ring (bicyclic) bond motifs is 2. The van der Waals surface area contributed by atoms with Gasteiger partial charge in [0.1, 0.15) is 22.9 Å². The van der Waals surface area contributed by atoms with E-state index in [9.17, 15) is 4.79 Å². The van der Waals surface area contributed by atoms with E-state index in [0.717, 1.165) is 52.4 Å². The van der Waals surface area contributed by atoms with Gasteiger partial charge in [0.05, 0.1) is 23.8 Å². The molecule has 3 N–H and O–H groups in total. The van der Waals surface area contributed by atoms with Crippen LogP contribution in [0.5, 0.6) is 0 Å². The van der Waals surface area contributed by atoms with Crippen LogP contribution in [0.2, 0.25) is 0 Å². The molecule has 1 aliphatic heterocycles. The molecule has 2 aliphatic rings. The van der Waals surface area contributed by atoms with Crippen LogP contribution in [-0.2, 0) is 17.8 Å². The van der Waals surface area contributed by atoms with Gasteiger partial charge in [-0.05, 0) is 25.0 Å². The number of nitrogens with one attached hydrogen (secondary N) is 1. The van der Waals surface area contributed by atoms with Crippen molar-refractivity contribution < 1.29 is 9.53 Å². The van der Waals surface area contributed by atoms with Crippen LogP contribution in [0.15, 0.2) is 36.7 Å². The van der Waals surface area contributed by atoms with Crippen molar-refractivity contribution in [3.63, 3.8) is 0 Å². The first-order valence-electron chi connectivity index (χ1n) is 11.8. The first kappa shape index (κ1) is 21.2. The van der Waals surface area contributed by atoms with Gasteiger partial charge in [-0.1, -0.05) is 42.7 Å². The van der Waals surface area contributed by atoms with E-state index in [0.29, 0.717) is 35.6 Å².